The van der Waals surface area contributed by atoms with Crippen molar-refractivity contribution in [1.29, 1.82) is 0 Å². The summed E-state index contributed by atoms with van der Waals surface area (Å²) in [6.07, 6.45) is 1.62. The molecule has 2 aliphatic rings. The van der Waals surface area contributed by atoms with E-state index in [0.717, 1.165) is 17.7 Å². The summed E-state index contributed by atoms with van der Waals surface area (Å²) in [7, 11) is 0. The largest absolute Gasteiger partial charge is 0.481 e. The minimum Gasteiger partial charge on any atom is -0.481 e. The van der Waals surface area contributed by atoms with E-state index in [0.29, 0.717) is 19.5 Å². The monoisotopic (exact) mass is 333 g/mol. The molecule has 2 aliphatic heterocycles. The molecule has 2 unspecified atom stereocenters. The van der Waals surface area contributed by atoms with Crippen LogP contribution in [0.1, 0.15) is 22.1 Å². The van der Waals surface area contributed by atoms with Gasteiger partial charge < -0.3 is 10.0 Å². The summed E-state index contributed by atoms with van der Waals surface area (Å²) in [6, 6.07) is 2.04. The zero-order valence-electron chi connectivity index (χ0n) is 10.8. The highest BCUT2D eigenvalue weighted by Crippen LogP contribution is 2.41. The molecule has 1 saturated heterocycles. The normalized spacial score (nSPS) is 24.9. The molecule has 1 N–H and O–H groups in total. The summed E-state index contributed by atoms with van der Waals surface area (Å²) in [5.41, 5.74) is 1.14. The van der Waals surface area contributed by atoms with Gasteiger partial charge in [0.1, 0.15) is 5.25 Å². The van der Waals surface area contributed by atoms with Gasteiger partial charge in [-0.2, -0.15) is 0 Å². The molecule has 4 nitrogen and oxygen atoms in total. The second-order valence-electron chi connectivity index (χ2n) is 4.91. The van der Waals surface area contributed by atoms with Gasteiger partial charge in [0.25, 0.3) is 0 Å². The van der Waals surface area contributed by atoms with Gasteiger partial charge in [-0.05, 0) is 35.6 Å². The van der Waals surface area contributed by atoms with Crippen LogP contribution in [0.25, 0.3) is 0 Å². The van der Waals surface area contributed by atoms with Crippen molar-refractivity contribution in [3.8, 4) is 0 Å². The van der Waals surface area contributed by atoms with Gasteiger partial charge >= 0.3 is 5.97 Å². The number of carbonyl (C=O) groups is 2. The van der Waals surface area contributed by atoms with Crippen molar-refractivity contribution in [3.05, 3.63) is 21.9 Å². The molecule has 1 aromatic rings. The molecule has 0 aromatic carbocycles. The Labute approximate surface area is 131 Å². The van der Waals surface area contributed by atoms with Crippen LogP contribution >= 0.6 is 35.5 Å². The molecule has 110 valence electrons. The van der Waals surface area contributed by atoms with Crippen LogP contribution in [0.4, 0.5) is 0 Å². The molecular formula is C13H16ClNO3S2. The van der Waals surface area contributed by atoms with Crippen molar-refractivity contribution in [2.45, 2.75) is 18.1 Å². The number of thiophene rings is 1. The van der Waals surface area contributed by atoms with Gasteiger partial charge in [0, 0.05) is 18.0 Å². The van der Waals surface area contributed by atoms with E-state index < -0.39 is 5.97 Å². The Morgan fingerprint density at radius 3 is 2.90 bits per heavy atom. The summed E-state index contributed by atoms with van der Waals surface area (Å²) in [4.78, 5) is 26.5. The third kappa shape index (κ3) is 2.82. The number of carbonyl (C=O) groups excluding carboxylic acids is 1. The van der Waals surface area contributed by atoms with Crippen LogP contribution in [0.3, 0.4) is 0 Å². The van der Waals surface area contributed by atoms with Gasteiger partial charge in [-0.25, -0.2) is 0 Å². The van der Waals surface area contributed by atoms with Crippen molar-refractivity contribution < 1.29 is 14.7 Å². The van der Waals surface area contributed by atoms with Crippen LogP contribution in [0.2, 0.25) is 0 Å². The fourth-order valence-electron chi connectivity index (χ4n) is 2.68. The minimum atomic E-state index is -0.789. The lowest BCUT2D eigenvalue weighted by Crippen LogP contribution is -2.34. The number of carboxylic acid groups (broad SMARTS) is 1. The highest BCUT2D eigenvalue weighted by atomic mass is 35.5. The van der Waals surface area contributed by atoms with E-state index in [1.165, 1.54) is 4.88 Å². The first-order valence-corrected chi connectivity index (χ1v) is 8.29. The maximum Gasteiger partial charge on any atom is 0.308 e. The molecule has 0 bridgehead atoms. The molecule has 1 fully saturated rings. The van der Waals surface area contributed by atoms with Crippen molar-refractivity contribution in [1.82, 2.24) is 4.90 Å². The van der Waals surface area contributed by atoms with Crippen molar-refractivity contribution in [2.24, 2.45) is 5.92 Å². The van der Waals surface area contributed by atoms with Gasteiger partial charge in [-0.1, -0.05) is 0 Å². The summed E-state index contributed by atoms with van der Waals surface area (Å²) < 4.78 is 0. The number of likely N-dealkylation sites (tertiary alicyclic amines) is 1. The Bertz CT molecular complexity index is 519. The predicted molar refractivity (Wildman–Crippen MR) is 82.8 cm³/mol. The Morgan fingerprint density at radius 1 is 1.40 bits per heavy atom. The van der Waals surface area contributed by atoms with Crippen LogP contribution in [0, 0.1) is 5.92 Å². The molecule has 3 heterocycles. The van der Waals surface area contributed by atoms with Gasteiger partial charge in [0.2, 0.25) is 5.91 Å². The number of nitrogens with zero attached hydrogens (tertiary/aromatic N) is 1. The quantitative estimate of drug-likeness (QED) is 0.903. The number of carboxylic acids is 1. The third-order valence-corrected chi connectivity index (χ3v) is 5.97. The topological polar surface area (TPSA) is 57.6 Å². The molecule has 1 aromatic heterocycles. The van der Waals surface area contributed by atoms with Crippen molar-refractivity contribution >= 4 is 47.4 Å². The van der Waals surface area contributed by atoms with E-state index in [9.17, 15) is 9.59 Å². The zero-order valence-corrected chi connectivity index (χ0v) is 13.2. The maximum absolute atomic E-state index is 12.5. The minimum absolute atomic E-state index is 0. The standard InChI is InChI=1S/C13H15NO3S2.ClH/c15-12(14-4-1-8(7-14)13(16)17)11-9-2-5-18-10(9)3-6-19-11;/h2,5,8,11H,1,3-4,6-7H2,(H,16,17);1H. The number of aliphatic carboxylic acids is 1. The van der Waals surface area contributed by atoms with Gasteiger partial charge in [-0.15, -0.1) is 35.5 Å². The van der Waals surface area contributed by atoms with Crippen LogP contribution in [0.15, 0.2) is 11.4 Å². The maximum atomic E-state index is 12.5. The average Bonchev–Trinajstić information content (AvgIpc) is 3.06. The fourth-order valence-corrected chi connectivity index (χ4v) is 5.05. The van der Waals surface area contributed by atoms with Crippen molar-refractivity contribution in [2.75, 3.05) is 18.8 Å². The molecule has 1 amide bonds. The van der Waals surface area contributed by atoms with Crippen molar-refractivity contribution in [3.63, 3.8) is 0 Å². The summed E-state index contributed by atoms with van der Waals surface area (Å²) >= 11 is 3.40. The Hall–Kier alpha value is -0.720. The van der Waals surface area contributed by atoms with E-state index in [2.05, 4.69) is 0 Å². The number of fused-ring (bicyclic) bond motifs is 1. The Balaban J connectivity index is 0.00000147. The van der Waals surface area contributed by atoms with E-state index in [-0.39, 0.29) is 29.5 Å². The molecule has 0 radical (unpaired) electrons. The first-order chi connectivity index (χ1) is 9.16. The number of halogens is 1. The molecule has 3 rings (SSSR count). The third-order valence-electron chi connectivity index (χ3n) is 3.75. The molecular weight excluding hydrogens is 318 g/mol. The first kappa shape index (κ1) is 15.7. The van der Waals surface area contributed by atoms with E-state index in [4.69, 9.17) is 5.11 Å². The van der Waals surface area contributed by atoms with Gasteiger partial charge in [-0.3, -0.25) is 9.59 Å². The second-order valence-corrected chi connectivity index (χ2v) is 7.12. The molecule has 0 spiro atoms. The SMILES string of the molecule is Cl.O=C(O)C1CCN(C(=O)C2SCCc3sccc32)C1. The average molecular weight is 334 g/mol. The number of rotatable bonds is 2. The van der Waals surface area contributed by atoms with Crippen LogP contribution in [0.5, 0.6) is 0 Å². The van der Waals surface area contributed by atoms with Crippen LogP contribution in [-0.4, -0.2) is 40.7 Å². The van der Waals surface area contributed by atoms with E-state index >= 15 is 0 Å². The second kappa shape index (κ2) is 6.37. The molecule has 0 saturated carbocycles. The number of hydrogen-bond donors (Lipinski definition) is 1. The first-order valence-electron chi connectivity index (χ1n) is 6.36. The van der Waals surface area contributed by atoms with Crippen LogP contribution in [-0.2, 0) is 16.0 Å². The lowest BCUT2D eigenvalue weighted by molar-refractivity contribution is -0.141. The molecule has 7 heteroatoms. The summed E-state index contributed by atoms with van der Waals surface area (Å²) in [5, 5.41) is 10.9. The molecule has 20 heavy (non-hydrogen) atoms. The lowest BCUT2D eigenvalue weighted by Gasteiger charge is -2.26. The number of thioether (sulfide) groups is 1. The Kier molecular flexibility index (Phi) is 4.99. The zero-order chi connectivity index (χ0) is 13.4. The molecule has 0 aliphatic carbocycles. The Morgan fingerprint density at radius 2 is 2.20 bits per heavy atom. The van der Waals surface area contributed by atoms with Gasteiger partial charge in [0.15, 0.2) is 0 Å². The predicted octanol–water partition coefficient (Wildman–Crippen LogP) is 2.43. The van der Waals surface area contributed by atoms with E-state index in [1.54, 1.807) is 28.0 Å². The van der Waals surface area contributed by atoms with E-state index in [1.807, 2.05) is 11.4 Å². The highest BCUT2D eigenvalue weighted by molar-refractivity contribution is 8.00. The number of hydrogen-bond acceptors (Lipinski definition) is 4. The number of amides is 1. The summed E-state index contributed by atoms with van der Waals surface area (Å²) in [6.45, 7) is 0.941. The number of aryl methyl sites for hydroxylation is 1. The van der Waals surface area contributed by atoms with Gasteiger partial charge in [0.05, 0.1) is 5.92 Å². The fraction of sp³-hybridized carbons (Fsp3) is 0.538. The van der Waals surface area contributed by atoms with Crippen LogP contribution < -0.4 is 0 Å². The smallest absolute Gasteiger partial charge is 0.308 e. The highest BCUT2D eigenvalue weighted by Gasteiger charge is 2.36. The molecule has 2 atom stereocenters. The lowest BCUT2D eigenvalue weighted by atomic mass is 10.1. The summed E-state index contributed by atoms with van der Waals surface area (Å²) in [5.74, 6) is -0.115.